The molecule has 0 atom stereocenters. The van der Waals surface area contributed by atoms with Crippen molar-refractivity contribution in [3.05, 3.63) is 55.7 Å². The smallest absolute Gasteiger partial charge is 0.277 e. The molecule has 1 aromatic carbocycles. The van der Waals surface area contributed by atoms with Crippen LogP contribution >= 0.6 is 11.6 Å². The number of benzene rings is 1. The summed E-state index contributed by atoms with van der Waals surface area (Å²) in [6.07, 6.45) is 1.88. The molecule has 0 aliphatic heterocycles. The van der Waals surface area contributed by atoms with Gasteiger partial charge in [-0.25, -0.2) is 4.39 Å². The lowest BCUT2D eigenvalue weighted by Crippen LogP contribution is -2.20. The second kappa shape index (κ2) is 4.84. The lowest BCUT2D eigenvalue weighted by molar-refractivity contribution is 0.103. The normalized spacial score (nSPS) is 14.5. The van der Waals surface area contributed by atoms with Gasteiger partial charge in [-0.15, -0.1) is 0 Å². The number of nitrogens with one attached hydrogen (secondary N) is 1. The Hall–Kier alpha value is -1.88. The topological polar surface area (TPSA) is 54.9 Å². The van der Waals surface area contributed by atoms with Crippen molar-refractivity contribution in [1.82, 2.24) is 9.78 Å². The fraction of sp³-hybridized carbons (Fsp3) is 0.333. The highest BCUT2D eigenvalue weighted by Gasteiger charge is 2.33. The molecule has 1 heterocycles. The van der Waals surface area contributed by atoms with E-state index in [2.05, 4.69) is 5.10 Å². The van der Waals surface area contributed by atoms with Gasteiger partial charge in [0, 0.05) is 18.5 Å². The van der Waals surface area contributed by atoms with Gasteiger partial charge in [0.05, 0.1) is 10.7 Å². The summed E-state index contributed by atoms with van der Waals surface area (Å²) in [6, 6.07) is 2.95. The third kappa shape index (κ3) is 2.21. The molecule has 0 spiro atoms. The van der Waals surface area contributed by atoms with E-state index in [9.17, 15) is 14.0 Å². The zero-order chi connectivity index (χ0) is 15.3. The molecule has 2 aromatic rings. The monoisotopic (exact) mass is 308 g/mol. The number of H-pyrrole nitrogens is 1. The number of ketones is 1. The van der Waals surface area contributed by atoms with Gasteiger partial charge in [0.25, 0.3) is 5.56 Å². The molecule has 1 saturated carbocycles. The van der Waals surface area contributed by atoms with Crippen LogP contribution in [0.2, 0.25) is 5.02 Å². The number of aromatic nitrogens is 2. The highest BCUT2D eigenvalue weighted by atomic mass is 35.5. The Bertz CT molecular complexity index is 803. The maximum atomic E-state index is 13.9. The molecule has 110 valence electrons. The first-order valence-electron chi connectivity index (χ1n) is 6.70. The van der Waals surface area contributed by atoms with Gasteiger partial charge >= 0.3 is 0 Å². The SMILES string of the molecule is Cc1ccc(C(=O)c2c(C3CC3)[nH]n(C)c2=O)c(Cl)c1F. The van der Waals surface area contributed by atoms with Crippen molar-refractivity contribution in [3.8, 4) is 0 Å². The molecule has 4 nitrogen and oxygen atoms in total. The summed E-state index contributed by atoms with van der Waals surface area (Å²) < 4.78 is 15.1. The first kappa shape index (κ1) is 14.1. The second-order valence-electron chi connectivity index (χ2n) is 5.43. The van der Waals surface area contributed by atoms with Crippen LogP contribution in [0.15, 0.2) is 16.9 Å². The van der Waals surface area contributed by atoms with Crippen LogP contribution in [-0.4, -0.2) is 15.6 Å². The maximum absolute atomic E-state index is 13.9. The van der Waals surface area contributed by atoms with Crippen LogP contribution in [0, 0.1) is 12.7 Å². The van der Waals surface area contributed by atoms with Crippen molar-refractivity contribution in [3.63, 3.8) is 0 Å². The predicted octanol–water partition coefficient (Wildman–Crippen LogP) is 2.92. The van der Waals surface area contributed by atoms with Crippen molar-refractivity contribution in [2.24, 2.45) is 7.05 Å². The largest absolute Gasteiger partial charge is 0.299 e. The Morgan fingerprint density at radius 1 is 1.43 bits per heavy atom. The Labute approximate surface area is 125 Å². The Kier molecular flexibility index (Phi) is 3.24. The van der Waals surface area contributed by atoms with Gasteiger partial charge < -0.3 is 0 Å². The quantitative estimate of drug-likeness (QED) is 0.886. The van der Waals surface area contributed by atoms with Gasteiger partial charge in [-0.05, 0) is 31.4 Å². The van der Waals surface area contributed by atoms with Crippen molar-refractivity contribution in [2.45, 2.75) is 25.7 Å². The van der Waals surface area contributed by atoms with Gasteiger partial charge in [-0.1, -0.05) is 17.7 Å². The average molecular weight is 309 g/mol. The minimum Gasteiger partial charge on any atom is -0.299 e. The molecule has 1 N–H and O–H groups in total. The number of aryl methyl sites for hydroxylation is 2. The molecule has 1 aromatic heterocycles. The van der Waals surface area contributed by atoms with Crippen LogP contribution in [-0.2, 0) is 7.05 Å². The van der Waals surface area contributed by atoms with E-state index in [0.717, 1.165) is 12.8 Å². The Balaban J connectivity index is 2.16. The summed E-state index contributed by atoms with van der Waals surface area (Å²) >= 11 is 5.94. The van der Waals surface area contributed by atoms with E-state index in [0.29, 0.717) is 11.3 Å². The summed E-state index contributed by atoms with van der Waals surface area (Å²) in [6.45, 7) is 1.57. The molecule has 0 saturated heterocycles. The standard InChI is InChI=1S/C15H14ClFN2O2/c1-7-3-6-9(11(16)12(7)17)14(20)10-13(8-4-5-8)18-19(2)15(10)21/h3,6,8,18H,4-5H2,1-2H3. The lowest BCUT2D eigenvalue weighted by Gasteiger charge is -2.06. The molecule has 0 amide bonds. The number of aromatic amines is 1. The highest BCUT2D eigenvalue weighted by molar-refractivity contribution is 6.35. The molecule has 0 unspecified atom stereocenters. The van der Waals surface area contributed by atoms with Crippen LogP contribution < -0.4 is 5.56 Å². The first-order valence-corrected chi connectivity index (χ1v) is 7.07. The van der Waals surface area contributed by atoms with E-state index in [1.807, 2.05) is 0 Å². The number of carbonyl (C=O) groups excluding carboxylic acids is 1. The lowest BCUT2D eigenvalue weighted by atomic mass is 10.0. The van der Waals surface area contributed by atoms with E-state index in [1.165, 1.54) is 16.8 Å². The van der Waals surface area contributed by atoms with Crippen LogP contribution in [0.4, 0.5) is 4.39 Å². The fourth-order valence-electron chi connectivity index (χ4n) is 2.41. The molecule has 6 heteroatoms. The summed E-state index contributed by atoms with van der Waals surface area (Å²) in [5, 5.41) is 2.69. The molecule has 1 aliphatic carbocycles. The molecular weight excluding hydrogens is 295 g/mol. The number of halogens is 2. The van der Waals surface area contributed by atoms with E-state index < -0.39 is 17.2 Å². The predicted molar refractivity (Wildman–Crippen MR) is 77.6 cm³/mol. The van der Waals surface area contributed by atoms with E-state index >= 15 is 0 Å². The number of rotatable bonds is 3. The number of hydrogen-bond donors (Lipinski definition) is 1. The van der Waals surface area contributed by atoms with E-state index in [-0.39, 0.29) is 22.1 Å². The fourth-order valence-corrected chi connectivity index (χ4v) is 2.71. The molecule has 1 aliphatic rings. The van der Waals surface area contributed by atoms with Gasteiger partial charge in [-0.2, -0.15) is 0 Å². The second-order valence-corrected chi connectivity index (χ2v) is 5.80. The first-order chi connectivity index (χ1) is 9.91. The summed E-state index contributed by atoms with van der Waals surface area (Å²) in [5.74, 6) is -0.947. The zero-order valence-corrected chi connectivity index (χ0v) is 12.4. The third-order valence-electron chi connectivity index (χ3n) is 3.81. The van der Waals surface area contributed by atoms with Crippen molar-refractivity contribution in [2.75, 3.05) is 0 Å². The summed E-state index contributed by atoms with van der Waals surface area (Å²) in [5.41, 5.74) is 0.688. The average Bonchev–Trinajstić information content (AvgIpc) is 3.24. The molecule has 0 radical (unpaired) electrons. The van der Waals surface area contributed by atoms with Gasteiger partial charge in [0.15, 0.2) is 0 Å². The maximum Gasteiger partial charge on any atom is 0.277 e. The molecular formula is C15H14ClFN2O2. The van der Waals surface area contributed by atoms with Crippen molar-refractivity contribution < 1.29 is 9.18 Å². The van der Waals surface area contributed by atoms with Crippen LogP contribution in [0.5, 0.6) is 0 Å². The number of carbonyl (C=O) groups is 1. The van der Waals surface area contributed by atoms with E-state index in [4.69, 9.17) is 11.6 Å². The summed E-state index contributed by atoms with van der Waals surface area (Å²) in [7, 11) is 1.56. The minimum atomic E-state index is -0.622. The van der Waals surface area contributed by atoms with Crippen molar-refractivity contribution >= 4 is 17.4 Å². The Morgan fingerprint density at radius 2 is 2.10 bits per heavy atom. The minimum absolute atomic E-state index is 0.0263. The molecule has 21 heavy (non-hydrogen) atoms. The van der Waals surface area contributed by atoms with Gasteiger partial charge in [0.2, 0.25) is 5.78 Å². The number of hydrogen-bond acceptors (Lipinski definition) is 2. The zero-order valence-electron chi connectivity index (χ0n) is 11.7. The third-order valence-corrected chi connectivity index (χ3v) is 4.18. The van der Waals surface area contributed by atoms with Crippen molar-refractivity contribution in [1.29, 1.82) is 0 Å². The molecule has 1 fully saturated rings. The van der Waals surface area contributed by atoms with Gasteiger partial charge in [-0.3, -0.25) is 19.4 Å². The molecule has 3 rings (SSSR count). The number of nitrogens with zero attached hydrogens (tertiary/aromatic N) is 1. The molecule has 0 bridgehead atoms. The van der Waals surface area contributed by atoms with Crippen LogP contribution in [0.3, 0.4) is 0 Å². The highest BCUT2D eigenvalue weighted by Crippen LogP contribution is 2.40. The van der Waals surface area contributed by atoms with Gasteiger partial charge in [0.1, 0.15) is 11.4 Å². The van der Waals surface area contributed by atoms with E-state index in [1.54, 1.807) is 14.0 Å². The van der Waals surface area contributed by atoms with Crippen LogP contribution in [0.1, 0.15) is 45.9 Å². The van der Waals surface area contributed by atoms with Crippen LogP contribution in [0.25, 0.3) is 0 Å². The Morgan fingerprint density at radius 3 is 2.71 bits per heavy atom. The summed E-state index contributed by atoms with van der Waals surface area (Å²) in [4.78, 5) is 24.8.